The number of aliphatic hydroxyl groups excluding tert-OH is 1. The third-order valence-corrected chi connectivity index (χ3v) is 5.76. The summed E-state index contributed by atoms with van der Waals surface area (Å²) in [4.78, 5) is 10.6. The Labute approximate surface area is 205 Å². The minimum atomic E-state index is -0.749. The van der Waals surface area contributed by atoms with Crippen LogP contribution < -0.4 is 16.0 Å². The van der Waals surface area contributed by atoms with E-state index in [1.165, 1.54) is 22.8 Å². The Morgan fingerprint density at radius 2 is 1.57 bits per heavy atom. The fraction of sp³-hybridized carbons (Fsp3) is 0.138. The topological polar surface area (TPSA) is 93.6 Å². The maximum atomic E-state index is 10.6. The van der Waals surface area contributed by atoms with Gasteiger partial charge in [0, 0.05) is 17.9 Å². The summed E-state index contributed by atoms with van der Waals surface area (Å²) in [6, 6.07) is 31.7. The van der Waals surface area contributed by atoms with Crippen LogP contribution in [0.1, 0.15) is 17.2 Å². The zero-order valence-corrected chi connectivity index (χ0v) is 19.3. The first-order chi connectivity index (χ1) is 17.1. The van der Waals surface area contributed by atoms with Crippen molar-refractivity contribution in [3.8, 4) is 16.9 Å². The SMILES string of the molecule is O=CNc1cc(C(O)CNCCc2ccc(Nc3cccc(-c4ccccc4)c3)cc2)ccc1O. The van der Waals surface area contributed by atoms with E-state index in [2.05, 4.69) is 76.6 Å². The number of anilines is 3. The monoisotopic (exact) mass is 467 g/mol. The molecule has 6 heteroatoms. The highest BCUT2D eigenvalue weighted by Crippen LogP contribution is 2.27. The average molecular weight is 468 g/mol. The van der Waals surface area contributed by atoms with Crippen LogP contribution in [-0.2, 0) is 11.2 Å². The van der Waals surface area contributed by atoms with E-state index >= 15 is 0 Å². The van der Waals surface area contributed by atoms with Gasteiger partial charge in [-0.1, -0.05) is 60.7 Å². The molecule has 5 N–H and O–H groups in total. The number of rotatable bonds is 11. The van der Waals surface area contributed by atoms with E-state index < -0.39 is 6.10 Å². The Morgan fingerprint density at radius 1 is 0.800 bits per heavy atom. The Morgan fingerprint density at radius 3 is 2.34 bits per heavy atom. The molecule has 0 bridgehead atoms. The number of nitrogens with one attached hydrogen (secondary N) is 3. The first-order valence-corrected chi connectivity index (χ1v) is 11.6. The average Bonchev–Trinajstić information content (AvgIpc) is 2.89. The van der Waals surface area contributed by atoms with Crippen molar-refractivity contribution in [3.05, 3.63) is 108 Å². The number of aromatic hydroxyl groups is 1. The first kappa shape index (κ1) is 24.0. The lowest BCUT2D eigenvalue weighted by atomic mass is 10.1. The van der Waals surface area contributed by atoms with E-state index in [4.69, 9.17) is 0 Å². The van der Waals surface area contributed by atoms with Crippen LogP contribution in [0.5, 0.6) is 5.75 Å². The number of hydrogen-bond acceptors (Lipinski definition) is 5. The van der Waals surface area contributed by atoms with Crippen LogP contribution in [0.15, 0.2) is 97.1 Å². The van der Waals surface area contributed by atoms with Crippen LogP contribution in [-0.4, -0.2) is 29.7 Å². The number of hydrogen-bond donors (Lipinski definition) is 5. The minimum absolute atomic E-state index is 0.0390. The molecule has 1 unspecified atom stereocenters. The molecule has 0 heterocycles. The van der Waals surface area contributed by atoms with Crippen molar-refractivity contribution in [2.45, 2.75) is 12.5 Å². The Kier molecular flexibility index (Phi) is 8.12. The van der Waals surface area contributed by atoms with Crippen molar-refractivity contribution in [1.29, 1.82) is 0 Å². The molecule has 6 nitrogen and oxygen atoms in total. The number of phenolic OH excluding ortho intramolecular Hbond substituents is 1. The molecule has 0 radical (unpaired) electrons. The molecule has 4 rings (SSSR count). The summed E-state index contributed by atoms with van der Waals surface area (Å²) in [6.45, 7) is 1.07. The summed E-state index contributed by atoms with van der Waals surface area (Å²) >= 11 is 0. The second-order valence-corrected chi connectivity index (χ2v) is 8.28. The molecule has 0 aliphatic carbocycles. The lowest BCUT2D eigenvalue weighted by Crippen LogP contribution is -2.23. The van der Waals surface area contributed by atoms with Gasteiger partial charge >= 0.3 is 0 Å². The van der Waals surface area contributed by atoms with Crippen molar-refractivity contribution in [2.24, 2.45) is 0 Å². The number of aliphatic hydroxyl groups is 1. The van der Waals surface area contributed by atoms with Crippen LogP contribution in [0.3, 0.4) is 0 Å². The molecular formula is C29H29N3O3. The zero-order valence-electron chi connectivity index (χ0n) is 19.3. The molecule has 0 fully saturated rings. The summed E-state index contributed by atoms with van der Waals surface area (Å²) < 4.78 is 0. The molecule has 1 atom stereocenters. The van der Waals surface area contributed by atoms with Gasteiger partial charge in [0.05, 0.1) is 11.8 Å². The van der Waals surface area contributed by atoms with E-state index in [-0.39, 0.29) is 11.4 Å². The van der Waals surface area contributed by atoms with E-state index in [0.717, 1.165) is 17.8 Å². The van der Waals surface area contributed by atoms with Gasteiger partial charge in [0.25, 0.3) is 0 Å². The quantitative estimate of drug-likeness (QED) is 0.118. The molecule has 0 aromatic heterocycles. The summed E-state index contributed by atoms with van der Waals surface area (Å²) in [6.07, 6.45) is 0.567. The number of carbonyl (C=O) groups excluding carboxylic acids is 1. The molecule has 1 amide bonds. The summed E-state index contributed by atoms with van der Waals surface area (Å²) in [5.74, 6) is -0.0390. The number of carbonyl (C=O) groups is 1. The molecule has 178 valence electrons. The Hall–Kier alpha value is -4.13. The Bertz CT molecular complexity index is 1240. The molecule has 4 aromatic rings. The normalized spacial score (nSPS) is 11.6. The lowest BCUT2D eigenvalue weighted by Gasteiger charge is -2.14. The predicted octanol–water partition coefficient (Wildman–Crippen LogP) is 5.24. The second kappa shape index (κ2) is 11.8. The first-order valence-electron chi connectivity index (χ1n) is 11.6. The van der Waals surface area contributed by atoms with E-state index in [0.29, 0.717) is 25.1 Å². The highest BCUT2D eigenvalue weighted by Gasteiger charge is 2.10. The molecule has 4 aromatic carbocycles. The summed E-state index contributed by atoms with van der Waals surface area (Å²) in [5, 5.41) is 29.3. The third kappa shape index (κ3) is 6.69. The number of phenols is 1. The van der Waals surface area contributed by atoms with Crippen molar-refractivity contribution < 1.29 is 15.0 Å². The second-order valence-electron chi connectivity index (χ2n) is 8.28. The van der Waals surface area contributed by atoms with Crippen molar-refractivity contribution in [1.82, 2.24) is 5.32 Å². The molecule has 0 aliphatic rings. The van der Waals surface area contributed by atoms with Crippen LogP contribution >= 0.6 is 0 Å². The molecule has 0 spiro atoms. The van der Waals surface area contributed by atoms with Crippen LogP contribution in [0, 0.1) is 0 Å². The number of amides is 1. The third-order valence-electron chi connectivity index (χ3n) is 5.76. The van der Waals surface area contributed by atoms with Gasteiger partial charge in [0.15, 0.2) is 0 Å². The molecular weight excluding hydrogens is 438 g/mol. The van der Waals surface area contributed by atoms with Gasteiger partial charge in [-0.3, -0.25) is 4.79 Å². The van der Waals surface area contributed by atoms with Gasteiger partial charge in [-0.15, -0.1) is 0 Å². The van der Waals surface area contributed by atoms with Gasteiger partial charge in [-0.05, 0) is 71.6 Å². The van der Waals surface area contributed by atoms with Gasteiger partial charge in [0.2, 0.25) is 6.41 Å². The van der Waals surface area contributed by atoms with Crippen molar-refractivity contribution in [2.75, 3.05) is 23.7 Å². The van der Waals surface area contributed by atoms with Gasteiger partial charge in [-0.2, -0.15) is 0 Å². The maximum Gasteiger partial charge on any atom is 0.211 e. The van der Waals surface area contributed by atoms with Crippen LogP contribution in [0.4, 0.5) is 17.1 Å². The standard InChI is InChI=1S/C29H29N3O3/c33-20-31-27-18-24(11-14-28(27)34)29(35)19-30-16-15-21-9-12-25(13-10-21)32-26-8-4-7-23(17-26)22-5-2-1-3-6-22/h1-14,17-18,20,29-30,32,34-35H,15-16,19H2,(H,31,33). The lowest BCUT2D eigenvalue weighted by molar-refractivity contribution is -0.105. The van der Waals surface area contributed by atoms with Crippen LogP contribution in [0.25, 0.3) is 11.1 Å². The van der Waals surface area contributed by atoms with Gasteiger partial charge in [-0.25, -0.2) is 0 Å². The molecule has 0 saturated heterocycles. The Balaban J connectivity index is 1.26. The molecule has 35 heavy (non-hydrogen) atoms. The van der Waals surface area contributed by atoms with E-state index in [1.54, 1.807) is 12.1 Å². The van der Waals surface area contributed by atoms with E-state index in [9.17, 15) is 15.0 Å². The van der Waals surface area contributed by atoms with Crippen molar-refractivity contribution >= 4 is 23.5 Å². The predicted molar refractivity (Wildman–Crippen MR) is 141 cm³/mol. The fourth-order valence-corrected chi connectivity index (χ4v) is 3.86. The van der Waals surface area contributed by atoms with Crippen LogP contribution in [0.2, 0.25) is 0 Å². The zero-order chi connectivity index (χ0) is 24.5. The molecule has 0 saturated carbocycles. The number of benzene rings is 4. The minimum Gasteiger partial charge on any atom is -0.506 e. The maximum absolute atomic E-state index is 10.6. The summed E-state index contributed by atoms with van der Waals surface area (Å²) in [5.41, 5.74) is 6.50. The smallest absolute Gasteiger partial charge is 0.211 e. The highest BCUT2D eigenvalue weighted by molar-refractivity contribution is 5.75. The van der Waals surface area contributed by atoms with E-state index in [1.807, 2.05) is 18.2 Å². The largest absolute Gasteiger partial charge is 0.506 e. The summed E-state index contributed by atoms with van der Waals surface area (Å²) in [7, 11) is 0. The fourth-order valence-electron chi connectivity index (χ4n) is 3.86. The molecule has 0 aliphatic heterocycles. The van der Waals surface area contributed by atoms with Gasteiger partial charge in [0.1, 0.15) is 5.75 Å². The van der Waals surface area contributed by atoms with Gasteiger partial charge < -0.3 is 26.2 Å². The van der Waals surface area contributed by atoms with Crippen molar-refractivity contribution in [3.63, 3.8) is 0 Å². The highest BCUT2D eigenvalue weighted by atomic mass is 16.3.